The van der Waals surface area contributed by atoms with E-state index in [2.05, 4.69) is 5.32 Å². The van der Waals surface area contributed by atoms with Gasteiger partial charge in [0, 0.05) is 6.07 Å². The molecule has 8 heteroatoms. The van der Waals surface area contributed by atoms with Crippen LogP contribution in [-0.2, 0) is 0 Å². The van der Waals surface area contributed by atoms with Crippen molar-refractivity contribution in [3.63, 3.8) is 0 Å². The highest BCUT2D eigenvalue weighted by Gasteiger charge is 2.32. The summed E-state index contributed by atoms with van der Waals surface area (Å²) in [6.45, 7) is 1.67. The standard InChI is InChI=1S/C15H11N3O5/c1-6-2-3-7(15(22)23)4-9(6)18-10(19)5-8-11(12(18)16)14(21)17-13(8)20/h2-5H,16H2,1H3,(H,22,23)(H,17,20,21). The maximum Gasteiger partial charge on any atom is 0.335 e. The molecule has 0 aliphatic carbocycles. The molecule has 0 unspecified atom stereocenters. The number of hydrogen-bond donors (Lipinski definition) is 3. The van der Waals surface area contributed by atoms with Gasteiger partial charge in [0.25, 0.3) is 17.4 Å². The van der Waals surface area contributed by atoms with Gasteiger partial charge in [-0.25, -0.2) is 4.79 Å². The van der Waals surface area contributed by atoms with E-state index in [-0.39, 0.29) is 28.2 Å². The molecule has 2 aromatic rings. The predicted octanol–water partition coefficient (Wildman–Crippen LogP) is 0.310. The first-order valence-corrected chi connectivity index (χ1v) is 6.56. The van der Waals surface area contributed by atoms with Gasteiger partial charge >= 0.3 is 5.97 Å². The van der Waals surface area contributed by atoms with Gasteiger partial charge in [-0.1, -0.05) is 6.07 Å². The summed E-state index contributed by atoms with van der Waals surface area (Å²) in [6.07, 6.45) is 0. The number of benzene rings is 1. The summed E-state index contributed by atoms with van der Waals surface area (Å²) in [5.41, 5.74) is 5.92. The molecular formula is C15H11N3O5. The number of aromatic nitrogens is 1. The number of hydrogen-bond acceptors (Lipinski definition) is 5. The maximum atomic E-state index is 12.3. The summed E-state index contributed by atoms with van der Waals surface area (Å²) in [7, 11) is 0. The number of fused-ring (bicyclic) bond motifs is 1. The summed E-state index contributed by atoms with van der Waals surface area (Å²) in [5.74, 6) is -2.74. The first-order valence-electron chi connectivity index (χ1n) is 6.56. The second-order valence-corrected chi connectivity index (χ2v) is 5.08. The van der Waals surface area contributed by atoms with E-state index < -0.39 is 23.3 Å². The van der Waals surface area contributed by atoms with E-state index in [1.807, 2.05) is 0 Å². The van der Waals surface area contributed by atoms with Gasteiger partial charge in [-0.2, -0.15) is 0 Å². The summed E-state index contributed by atoms with van der Waals surface area (Å²) in [6, 6.07) is 5.23. The molecule has 0 saturated carbocycles. The third kappa shape index (κ3) is 2.08. The molecule has 1 aromatic heterocycles. The number of carbonyl (C=O) groups is 3. The number of carbonyl (C=O) groups excluding carboxylic acids is 2. The highest BCUT2D eigenvalue weighted by atomic mass is 16.4. The van der Waals surface area contributed by atoms with Crippen LogP contribution in [0.5, 0.6) is 0 Å². The number of rotatable bonds is 2. The summed E-state index contributed by atoms with van der Waals surface area (Å²) in [4.78, 5) is 46.9. The van der Waals surface area contributed by atoms with E-state index in [9.17, 15) is 19.2 Å². The fourth-order valence-electron chi connectivity index (χ4n) is 2.51. The number of anilines is 1. The lowest BCUT2D eigenvalue weighted by Gasteiger charge is -2.14. The monoisotopic (exact) mass is 313 g/mol. The molecule has 0 fully saturated rings. The van der Waals surface area contributed by atoms with Gasteiger partial charge in [-0.05, 0) is 24.6 Å². The van der Waals surface area contributed by atoms with Crippen molar-refractivity contribution in [3.8, 4) is 5.69 Å². The number of nitrogen functional groups attached to an aromatic ring is 1. The number of imide groups is 1. The molecule has 2 heterocycles. The third-order valence-electron chi connectivity index (χ3n) is 3.65. The molecule has 1 aliphatic rings. The van der Waals surface area contributed by atoms with Gasteiger partial charge in [-0.3, -0.25) is 24.3 Å². The molecule has 8 nitrogen and oxygen atoms in total. The van der Waals surface area contributed by atoms with Crippen LogP contribution in [-0.4, -0.2) is 27.5 Å². The Morgan fingerprint density at radius 3 is 2.52 bits per heavy atom. The van der Waals surface area contributed by atoms with Gasteiger partial charge in [0.1, 0.15) is 5.82 Å². The Kier molecular flexibility index (Phi) is 3.03. The fourth-order valence-corrected chi connectivity index (χ4v) is 2.51. The van der Waals surface area contributed by atoms with Crippen molar-refractivity contribution in [2.75, 3.05) is 5.73 Å². The SMILES string of the molecule is Cc1ccc(C(=O)O)cc1-n1c(N)c2c(cc1=O)C(=O)NC2=O. The molecule has 116 valence electrons. The van der Waals surface area contributed by atoms with Crippen molar-refractivity contribution < 1.29 is 19.5 Å². The van der Waals surface area contributed by atoms with E-state index in [1.54, 1.807) is 6.92 Å². The largest absolute Gasteiger partial charge is 0.478 e. The molecule has 2 amide bonds. The normalized spacial score (nSPS) is 12.9. The molecule has 0 saturated heterocycles. The van der Waals surface area contributed by atoms with Crippen LogP contribution < -0.4 is 16.6 Å². The van der Waals surface area contributed by atoms with Crippen molar-refractivity contribution in [1.82, 2.24) is 9.88 Å². The summed E-state index contributed by atoms with van der Waals surface area (Å²) < 4.78 is 1.03. The quantitative estimate of drug-likeness (QED) is 0.684. The second-order valence-electron chi connectivity index (χ2n) is 5.08. The van der Waals surface area contributed by atoms with Crippen molar-refractivity contribution in [2.45, 2.75) is 6.92 Å². The van der Waals surface area contributed by atoms with Gasteiger partial charge in [0.2, 0.25) is 0 Å². The Balaban J connectivity index is 2.35. The van der Waals surface area contributed by atoms with E-state index >= 15 is 0 Å². The Bertz CT molecular complexity index is 958. The van der Waals surface area contributed by atoms with E-state index in [4.69, 9.17) is 10.8 Å². The molecule has 23 heavy (non-hydrogen) atoms. The Morgan fingerprint density at radius 2 is 1.87 bits per heavy atom. The maximum absolute atomic E-state index is 12.3. The van der Waals surface area contributed by atoms with Crippen LogP contribution in [0.4, 0.5) is 5.82 Å². The third-order valence-corrected chi connectivity index (χ3v) is 3.65. The molecule has 0 spiro atoms. The summed E-state index contributed by atoms with van der Waals surface area (Å²) >= 11 is 0. The topological polar surface area (TPSA) is 131 Å². The molecule has 1 aliphatic heterocycles. The molecule has 1 aromatic carbocycles. The Morgan fingerprint density at radius 1 is 1.17 bits per heavy atom. The molecule has 4 N–H and O–H groups in total. The average Bonchev–Trinajstić information content (AvgIpc) is 2.75. The first kappa shape index (κ1) is 14.5. The molecular weight excluding hydrogens is 302 g/mol. The number of amides is 2. The minimum absolute atomic E-state index is 0.0297. The highest BCUT2D eigenvalue weighted by molar-refractivity contribution is 6.23. The second kappa shape index (κ2) is 4.80. The van der Waals surface area contributed by atoms with Gasteiger partial charge in [-0.15, -0.1) is 0 Å². The lowest BCUT2D eigenvalue weighted by atomic mass is 10.1. The van der Waals surface area contributed by atoms with E-state index in [0.717, 1.165) is 10.6 Å². The smallest absolute Gasteiger partial charge is 0.335 e. The summed E-state index contributed by atoms with van der Waals surface area (Å²) in [5, 5.41) is 11.2. The predicted molar refractivity (Wildman–Crippen MR) is 79.9 cm³/mol. The van der Waals surface area contributed by atoms with Crippen LogP contribution in [0.15, 0.2) is 29.1 Å². The zero-order valence-electron chi connectivity index (χ0n) is 11.9. The number of carboxylic acids is 1. The van der Waals surface area contributed by atoms with Crippen molar-refractivity contribution in [1.29, 1.82) is 0 Å². The fraction of sp³-hybridized carbons (Fsp3) is 0.0667. The number of aryl methyl sites for hydroxylation is 1. The molecule has 3 rings (SSSR count). The number of nitrogens with one attached hydrogen (secondary N) is 1. The first-order chi connectivity index (χ1) is 10.8. The van der Waals surface area contributed by atoms with Gasteiger partial charge < -0.3 is 10.8 Å². The van der Waals surface area contributed by atoms with Crippen molar-refractivity contribution in [2.24, 2.45) is 0 Å². The van der Waals surface area contributed by atoms with Crippen LogP contribution >= 0.6 is 0 Å². The molecule has 0 radical (unpaired) electrons. The van der Waals surface area contributed by atoms with Crippen LogP contribution in [0.2, 0.25) is 0 Å². The van der Waals surface area contributed by atoms with Crippen LogP contribution in [0.3, 0.4) is 0 Å². The van der Waals surface area contributed by atoms with Gasteiger partial charge in [0.15, 0.2) is 0 Å². The minimum atomic E-state index is -1.16. The molecule has 0 atom stereocenters. The Hall–Kier alpha value is -3.42. The van der Waals surface area contributed by atoms with Gasteiger partial charge in [0.05, 0.1) is 22.4 Å². The van der Waals surface area contributed by atoms with Crippen molar-refractivity contribution >= 4 is 23.6 Å². The van der Waals surface area contributed by atoms with E-state index in [1.165, 1.54) is 18.2 Å². The molecule has 0 bridgehead atoms. The lowest BCUT2D eigenvalue weighted by Crippen LogP contribution is -2.25. The van der Waals surface area contributed by atoms with E-state index in [0.29, 0.717) is 5.56 Å². The highest BCUT2D eigenvalue weighted by Crippen LogP contribution is 2.24. The zero-order chi connectivity index (χ0) is 16.9. The van der Waals surface area contributed by atoms with Crippen LogP contribution in [0.25, 0.3) is 5.69 Å². The number of pyridine rings is 1. The number of nitrogens with two attached hydrogens (primary N) is 1. The number of carboxylic acid groups (broad SMARTS) is 1. The Labute approximate surface area is 129 Å². The van der Waals surface area contributed by atoms with Crippen LogP contribution in [0.1, 0.15) is 36.6 Å². The minimum Gasteiger partial charge on any atom is -0.478 e. The number of aromatic carboxylic acids is 1. The van der Waals surface area contributed by atoms with Crippen molar-refractivity contribution in [3.05, 3.63) is 56.9 Å². The lowest BCUT2D eigenvalue weighted by molar-refractivity contribution is 0.0696. The zero-order valence-corrected chi connectivity index (χ0v) is 11.9. The average molecular weight is 313 g/mol. The van der Waals surface area contributed by atoms with Crippen LogP contribution in [0, 0.1) is 6.92 Å². The number of nitrogens with zero attached hydrogens (tertiary/aromatic N) is 1.